The maximum absolute atomic E-state index is 6.34. The molecule has 0 bridgehead atoms. The number of rotatable bonds is 4. The van der Waals surface area contributed by atoms with Gasteiger partial charge in [-0.05, 0) is 37.5 Å². The van der Waals surface area contributed by atoms with Gasteiger partial charge in [0.1, 0.15) is 17.3 Å². The summed E-state index contributed by atoms with van der Waals surface area (Å²) in [5.41, 5.74) is 11.1. The predicted octanol–water partition coefficient (Wildman–Crippen LogP) is 3.23. The van der Waals surface area contributed by atoms with E-state index in [1.807, 2.05) is 6.92 Å². The average molecular weight is 284 g/mol. The molecule has 3 rings (SSSR count). The molecule has 0 unspecified atom stereocenters. The van der Waals surface area contributed by atoms with E-state index < -0.39 is 0 Å². The smallest absolute Gasteiger partial charge is 0.131 e. The summed E-state index contributed by atoms with van der Waals surface area (Å²) in [7, 11) is 2.14. The largest absolute Gasteiger partial charge is 0.383 e. The van der Waals surface area contributed by atoms with Crippen molar-refractivity contribution in [1.82, 2.24) is 9.55 Å². The minimum absolute atomic E-state index is 0.798. The standard InChI is InChI=1S/C17H24N4/c1-4-5-9-21-12(2)19-16(17(21)18)14-6-7-15-13(11-14)8-10-20(15)3/h6-7,11H,4-5,8-10,18H2,1-3H3. The Morgan fingerprint density at radius 1 is 1.33 bits per heavy atom. The number of nitrogens with two attached hydrogens (primary N) is 1. The lowest BCUT2D eigenvalue weighted by molar-refractivity contribution is 0.622. The van der Waals surface area contributed by atoms with Crippen molar-refractivity contribution in [1.29, 1.82) is 0 Å². The van der Waals surface area contributed by atoms with E-state index in [-0.39, 0.29) is 0 Å². The lowest BCUT2D eigenvalue weighted by Crippen LogP contribution is -2.12. The molecule has 0 amide bonds. The number of hydrogen-bond donors (Lipinski definition) is 1. The molecule has 0 spiro atoms. The second kappa shape index (κ2) is 5.43. The number of aromatic nitrogens is 2. The highest BCUT2D eigenvalue weighted by Crippen LogP contribution is 2.33. The molecule has 21 heavy (non-hydrogen) atoms. The zero-order valence-electron chi connectivity index (χ0n) is 13.2. The van der Waals surface area contributed by atoms with Gasteiger partial charge in [-0.1, -0.05) is 19.4 Å². The first-order valence-electron chi connectivity index (χ1n) is 7.79. The number of unbranched alkanes of at least 4 members (excludes halogenated alkanes) is 1. The molecule has 1 aromatic heterocycles. The zero-order valence-corrected chi connectivity index (χ0v) is 13.2. The third-order valence-corrected chi connectivity index (χ3v) is 4.41. The molecule has 4 nitrogen and oxygen atoms in total. The van der Waals surface area contributed by atoms with Crippen LogP contribution in [0.15, 0.2) is 18.2 Å². The highest BCUT2D eigenvalue weighted by Gasteiger charge is 2.19. The quantitative estimate of drug-likeness (QED) is 0.937. The maximum atomic E-state index is 6.34. The van der Waals surface area contributed by atoms with Crippen LogP contribution in [0.4, 0.5) is 11.5 Å². The summed E-state index contributed by atoms with van der Waals surface area (Å²) in [6.07, 6.45) is 3.41. The topological polar surface area (TPSA) is 47.1 Å². The van der Waals surface area contributed by atoms with Crippen molar-refractivity contribution in [2.75, 3.05) is 24.2 Å². The fourth-order valence-electron chi connectivity index (χ4n) is 3.11. The van der Waals surface area contributed by atoms with Gasteiger partial charge in [-0.15, -0.1) is 0 Å². The summed E-state index contributed by atoms with van der Waals surface area (Å²) >= 11 is 0. The molecule has 1 aliphatic heterocycles. The molecule has 0 saturated heterocycles. The van der Waals surface area contributed by atoms with E-state index in [1.54, 1.807) is 0 Å². The minimum atomic E-state index is 0.798. The van der Waals surface area contributed by atoms with E-state index in [0.29, 0.717) is 0 Å². The Morgan fingerprint density at radius 2 is 2.14 bits per heavy atom. The summed E-state index contributed by atoms with van der Waals surface area (Å²) in [5, 5.41) is 0. The molecule has 0 saturated carbocycles. The van der Waals surface area contributed by atoms with Crippen molar-refractivity contribution >= 4 is 11.5 Å². The lowest BCUT2D eigenvalue weighted by Gasteiger charge is -2.12. The number of likely N-dealkylation sites (N-methyl/N-ethyl adjacent to an activating group) is 1. The molecule has 1 aromatic carbocycles. The number of imidazole rings is 1. The highest BCUT2D eigenvalue weighted by atomic mass is 15.1. The van der Waals surface area contributed by atoms with Gasteiger partial charge in [0.25, 0.3) is 0 Å². The molecule has 2 heterocycles. The Kier molecular flexibility index (Phi) is 3.62. The Hall–Kier alpha value is -1.97. The number of nitrogen functional groups attached to an aromatic ring is 1. The van der Waals surface area contributed by atoms with E-state index >= 15 is 0 Å². The van der Waals surface area contributed by atoms with Crippen LogP contribution in [0.1, 0.15) is 31.2 Å². The molecule has 1 aliphatic rings. The molecule has 0 aliphatic carbocycles. The van der Waals surface area contributed by atoms with Gasteiger partial charge >= 0.3 is 0 Å². The summed E-state index contributed by atoms with van der Waals surface area (Å²) in [6.45, 7) is 6.28. The zero-order chi connectivity index (χ0) is 15.0. The summed E-state index contributed by atoms with van der Waals surface area (Å²) in [6, 6.07) is 6.58. The number of anilines is 2. The van der Waals surface area contributed by atoms with Gasteiger partial charge in [0.05, 0.1) is 0 Å². The number of hydrogen-bond acceptors (Lipinski definition) is 3. The second-order valence-corrected chi connectivity index (χ2v) is 5.91. The SMILES string of the molecule is CCCCn1c(C)nc(-c2ccc3c(c2)CCN3C)c1N. The Labute approximate surface area is 126 Å². The molecule has 0 atom stereocenters. The van der Waals surface area contributed by atoms with Crippen molar-refractivity contribution in [3.8, 4) is 11.3 Å². The second-order valence-electron chi connectivity index (χ2n) is 5.91. The van der Waals surface area contributed by atoms with E-state index in [9.17, 15) is 0 Å². The van der Waals surface area contributed by atoms with Gasteiger partial charge in [0, 0.05) is 31.4 Å². The molecule has 2 aromatic rings. The number of nitrogens with zero attached hydrogens (tertiary/aromatic N) is 3. The van der Waals surface area contributed by atoms with E-state index in [0.717, 1.165) is 55.3 Å². The van der Waals surface area contributed by atoms with E-state index in [2.05, 4.69) is 41.6 Å². The third kappa shape index (κ3) is 2.39. The fourth-order valence-corrected chi connectivity index (χ4v) is 3.11. The van der Waals surface area contributed by atoms with Crippen molar-refractivity contribution in [2.24, 2.45) is 0 Å². The van der Waals surface area contributed by atoms with Crippen LogP contribution in [0.25, 0.3) is 11.3 Å². The van der Waals surface area contributed by atoms with Crippen molar-refractivity contribution in [3.05, 3.63) is 29.6 Å². The predicted molar refractivity (Wildman–Crippen MR) is 88.7 cm³/mol. The van der Waals surface area contributed by atoms with Gasteiger partial charge in [-0.25, -0.2) is 4.98 Å². The first-order valence-corrected chi connectivity index (χ1v) is 7.79. The fraction of sp³-hybridized carbons (Fsp3) is 0.471. The summed E-state index contributed by atoms with van der Waals surface area (Å²) in [5.74, 6) is 1.81. The van der Waals surface area contributed by atoms with E-state index in [4.69, 9.17) is 10.7 Å². The summed E-state index contributed by atoms with van der Waals surface area (Å²) in [4.78, 5) is 7.00. The van der Waals surface area contributed by atoms with E-state index in [1.165, 1.54) is 11.3 Å². The average Bonchev–Trinajstić information content (AvgIpc) is 2.98. The monoisotopic (exact) mass is 284 g/mol. The molecular weight excluding hydrogens is 260 g/mol. The van der Waals surface area contributed by atoms with Gasteiger partial charge in [0.15, 0.2) is 0 Å². The molecule has 4 heteroatoms. The third-order valence-electron chi connectivity index (χ3n) is 4.41. The number of fused-ring (bicyclic) bond motifs is 1. The van der Waals surface area contributed by atoms with Crippen molar-refractivity contribution in [3.63, 3.8) is 0 Å². The molecule has 0 radical (unpaired) electrons. The lowest BCUT2D eigenvalue weighted by atomic mass is 10.1. The molecule has 0 fully saturated rings. The van der Waals surface area contributed by atoms with Crippen LogP contribution in [0.2, 0.25) is 0 Å². The van der Waals surface area contributed by atoms with Gasteiger partial charge in [-0.3, -0.25) is 0 Å². The Balaban J connectivity index is 1.98. The molecule has 112 valence electrons. The Bertz CT molecular complexity index is 657. The van der Waals surface area contributed by atoms with Crippen molar-refractivity contribution in [2.45, 2.75) is 39.7 Å². The van der Waals surface area contributed by atoms with Crippen LogP contribution in [0.3, 0.4) is 0 Å². The summed E-state index contributed by atoms with van der Waals surface area (Å²) < 4.78 is 2.14. The number of benzene rings is 1. The van der Waals surface area contributed by atoms with Gasteiger partial charge in [-0.2, -0.15) is 0 Å². The van der Waals surface area contributed by atoms with Crippen LogP contribution in [0, 0.1) is 6.92 Å². The molecule has 2 N–H and O–H groups in total. The normalized spacial score (nSPS) is 13.8. The first kappa shape index (κ1) is 14.0. The van der Waals surface area contributed by atoms with Crippen LogP contribution in [-0.2, 0) is 13.0 Å². The Morgan fingerprint density at radius 3 is 2.90 bits per heavy atom. The van der Waals surface area contributed by atoms with Crippen LogP contribution >= 0.6 is 0 Å². The van der Waals surface area contributed by atoms with Crippen molar-refractivity contribution < 1.29 is 0 Å². The number of aryl methyl sites for hydroxylation is 1. The van der Waals surface area contributed by atoms with Gasteiger partial charge in [0.2, 0.25) is 0 Å². The first-order chi connectivity index (χ1) is 10.1. The van der Waals surface area contributed by atoms with Crippen LogP contribution < -0.4 is 10.6 Å². The minimum Gasteiger partial charge on any atom is -0.383 e. The van der Waals surface area contributed by atoms with Gasteiger partial charge < -0.3 is 15.2 Å². The highest BCUT2D eigenvalue weighted by molar-refractivity contribution is 5.75. The van der Waals surface area contributed by atoms with Crippen LogP contribution in [0.5, 0.6) is 0 Å². The van der Waals surface area contributed by atoms with Crippen LogP contribution in [-0.4, -0.2) is 23.1 Å². The maximum Gasteiger partial charge on any atom is 0.131 e. The molecular formula is C17H24N4.